The summed E-state index contributed by atoms with van der Waals surface area (Å²) in [5.74, 6) is -1.20. The van der Waals surface area contributed by atoms with Gasteiger partial charge >= 0.3 is 5.97 Å². The third kappa shape index (κ3) is 55.1. The molecule has 11 nitrogen and oxygen atoms in total. The number of aliphatic hydroxyl groups is 5. The van der Waals surface area contributed by atoms with Crippen LogP contribution in [-0.4, -0.2) is 99.6 Å². The predicted octanol–water partition coefficient (Wildman–Crippen LogP) is 20.7. The molecule has 536 valence electrons. The van der Waals surface area contributed by atoms with E-state index >= 15 is 0 Å². The van der Waals surface area contributed by atoms with E-state index in [1.807, 2.05) is 6.08 Å². The van der Waals surface area contributed by atoms with E-state index in [0.29, 0.717) is 12.8 Å². The van der Waals surface area contributed by atoms with Crippen LogP contribution < -0.4 is 5.32 Å². The van der Waals surface area contributed by atoms with Crippen molar-refractivity contribution in [1.29, 1.82) is 0 Å². The molecule has 1 rings (SSSR count). The summed E-state index contributed by atoms with van der Waals surface area (Å²) in [5.41, 5.74) is 0. The molecule has 8 atom stereocenters. The first-order valence-electron chi connectivity index (χ1n) is 38.7. The second kappa shape index (κ2) is 68.3. The van der Waals surface area contributed by atoms with Gasteiger partial charge in [-0.3, -0.25) is 9.59 Å². The van der Waals surface area contributed by atoms with Crippen LogP contribution in [-0.2, 0) is 23.8 Å². The molecular formula is C82H143NO10. The molecule has 93 heavy (non-hydrogen) atoms. The molecule has 0 aliphatic carbocycles. The van der Waals surface area contributed by atoms with Gasteiger partial charge in [0.1, 0.15) is 24.4 Å². The van der Waals surface area contributed by atoms with Gasteiger partial charge in [-0.2, -0.15) is 0 Å². The average Bonchev–Trinajstić information content (AvgIpc) is 0.842. The summed E-state index contributed by atoms with van der Waals surface area (Å²) in [7, 11) is 0. The number of hydrogen-bond donors (Lipinski definition) is 6. The molecule has 6 N–H and O–H groups in total. The molecule has 0 aromatic heterocycles. The minimum Gasteiger partial charge on any atom is -0.454 e. The summed E-state index contributed by atoms with van der Waals surface area (Å²) >= 11 is 0. The SMILES string of the molecule is CCCCC/C=C\C/C=C\C/C=C\C/C=C\CCCCCCCCCCCCCC(=O)OC1C(OCC(NC(=O)C(O)CCCCCCCCCCCC/C=C\C/C=C\C/C=C\C/C=C\CCCCC)C(O)/C=C/CCCCCCCCCCC)OC(CO)C(O)C1O. The zero-order valence-electron chi connectivity index (χ0n) is 59.9. The largest absolute Gasteiger partial charge is 0.454 e. The Hall–Kier alpha value is -3.68. The maximum absolute atomic E-state index is 13.5. The van der Waals surface area contributed by atoms with E-state index in [9.17, 15) is 35.1 Å². The standard InChI is InChI=1S/C82H143NO10/c1-4-7-10-13-16-19-22-24-26-28-30-32-34-36-38-40-42-44-46-48-50-52-55-58-61-64-67-70-77(87)93-80-79(89)78(88)76(71-84)92-82(80)91-72-73(74(85)68-65-62-59-56-53-21-18-15-12-9-6-3)83-81(90)75(86)69-66-63-60-57-54-51-49-47-45-43-41-39-37-35-33-31-29-27-25-23-20-17-14-11-8-5-2/h16-17,19-20,24-27,30-33,36-39,65,68,73-76,78-80,82,84-86,88-89H,4-15,18,21-23,28-29,34-35,40-64,66-67,69-72H2,1-3H3,(H,83,90)/b19-16-,20-17-,26-24-,27-25-,32-30-,33-31-,38-36-,39-37-,68-65+. The van der Waals surface area contributed by atoms with Gasteiger partial charge in [0.2, 0.25) is 5.91 Å². The van der Waals surface area contributed by atoms with Crippen molar-refractivity contribution in [2.45, 2.75) is 384 Å². The van der Waals surface area contributed by atoms with Crippen LogP contribution >= 0.6 is 0 Å². The van der Waals surface area contributed by atoms with Crippen molar-refractivity contribution in [3.05, 3.63) is 109 Å². The molecule has 1 heterocycles. The number of rotatable bonds is 66. The molecule has 1 aliphatic heterocycles. The lowest BCUT2D eigenvalue weighted by molar-refractivity contribution is -0.305. The van der Waals surface area contributed by atoms with Crippen molar-refractivity contribution in [2.24, 2.45) is 0 Å². The van der Waals surface area contributed by atoms with Gasteiger partial charge < -0.3 is 45.1 Å². The van der Waals surface area contributed by atoms with Crippen LogP contribution in [0.4, 0.5) is 0 Å². The van der Waals surface area contributed by atoms with Crippen LogP contribution in [0.3, 0.4) is 0 Å². The first kappa shape index (κ1) is 87.3. The van der Waals surface area contributed by atoms with Crippen molar-refractivity contribution < 1.29 is 49.3 Å². The van der Waals surface area contributed by atoms with Gasteiger partial charge in [-0.1, -0.05) is 323 Å². The molecule has 11 heteroatoms. The van der Waals surface area contributed by atoms with Crippen LogP contribution in [0, 0.1) is 0 Å². The molecule has 1 fully saturated rings. The maximum Gasteiger partial charge on any atom is 0.306 e. The Morgan fingerprint density at radius 3 is 1.13 bits per heavy atom. The molecule has 8 unspecified atom stereocenters. The van der Waals surface area contributed by atoms with Crippen molar-refractivity contribution in [2.75, 3.05) is 13.2 Å². The van der Waals surface area contributed by atoms with Gasteiger partial charge in [0.05, 0.1) is 25.4 Å². The summed E-state index contributed by atoms with van der Waals surface area (Å²) in [6, 6.07) is -1.03. The van der Waals surface area contributed by atoms with E-state index in [2.05, 4.69) is 123 Å². The molecule has 0 aromatic rings. The molecule has 1 amide bonds. The number of hydrogen-bond acceptors (Lipinski definition) is 10. The minimum atomic E-state index is -1.62. The number of aliphatic hydroxyl groups excluding tert-OH is 5. The average molecular weight is 1300 g/mol. The predicted molar refractivity (Wildman–Crippen MR) is 393 cm³/mol. The monoisotopic (exact) mass is 1300 g/mol. The first-order chi connectivity index (χ1) is 45.7. The summed E-state index contributed by atoms with van der Waals surface area (Å²) in [4.78, 5) is 26.7. The van der Waals surface area contributed by atoms with Gasteiger partial charge in [-0.05, 0) is 116 Å². The number of carbonyl (C=O) groups excluding carboxylic acids is 2. The molecule has 0 aromatic carbocycles. The van der Waals surface area contributed by atoms with E-state index in [0.717, 1.165) is 109 Å². The third-order valence-corrected chi connectivity index (χ3v) is 17.6. The molecule has 0 radical (unpaired) electrons. The number of ether oxygens (including phenoxy) is 3. The highest BCUT2D eigenvalue weighted by Gasteiger charge is 2.47. The fourth-order valence-corrected chi connectivity index (χ4v) is 11.6. The Balaban J connectivity index is 2.51. The van der Waals surface area contributed by atoms with Crippen LogP contribution in [0.1, 0.15) is 335 Å². The number of nitrogens with one attached hydrogen (secondary N) is 1. The topological polar surface area (TPSA) is 175 Å². The smallest absolute Gasteiger partial charge is 0.306 e. The normalized spacial score (nSPS) is 18.5. The minimum absolute atomic E-state index is 0.115. The second-order valence-corrected chi connectivity index (χ2v) is 26.4. The summed E-state index contributed by atoms with van der Waals surface area (Å²) in [5, 5.41) is 57.4. The van der Waals surface area contributed by atoms with Crippen molar-refractivity contribution >= 4 is 11.9 Å². The van der Waals surface area contributed by atoms with E-state index in [4.69, 9.17) is 14.2 Å². The number of esters is 1. The molecule has 0 bridgehead atoms. The molecule has 1 aliphatic rings. The fourth-order valence-electron chi connectivity index (χ4n) is 11.6. The van der Waals surface area contributed by atoms with E-state index in [1.54, 1.807) is 6.08 Å². The van der Waals surface area contributed by atoms with Gasteiger partial charge in [-0.15, -0.1) is 0 Å². The number of carbonyl (C=O) groups is 2. The van der Waals surface area contributed by atoms with E-state index in [-0.39, 0.29) is 19.4 Å². The van der Waals surface area contributed by atoms with Gasteiger partial charge in [0.25, 0.3) is 0 Å². The molecule has 0 saturated carbocycles. The summed E-state index contributed by atoms with van der Waals surface area (Å²) < 4.78 is 17.7. The Morgan fingerprint density at radius 2 is 0.742 bits per heavy atom. The molecule has 1 saturated heterocycles. The lowest BCUT2D eigenvalue weighted by Gasteiger charge is -2.41. The lowest BCUT2D eigenvalue weighted by atomic mass is 9.99. The maximum atomic E-state index is 13.5. The van der Waals surface area contributed by atoms with Crippen LogP contribution in [0.5, 0.6) is 0 Å². The van der Waals surface area contributed by atoms with Crippen LogP contribution in [0.25, 0.3) is 0 Å². The number of allylic oxidation sites excluding steroid dienone is 17. The highest BCUT2D eigenvalue weighted by molar-refractivity contribution is 5.80. The van der Waals surface area contributed by atoms with Crippen molar-refractivity contribution in [3.63, 3.8) is 0 Å². The zero-order valence-corrected chi connectivity index (χ0v) is 59.9. The number of unbranched alkanes of at least 4 members (excludes halogenated alkanes) is 36. The Labute approximate surface area is 570 Å². The Kier molecular flexibility index (Phi) is 64.1. The fraction of sp³-hybridized carbons (Fsp3) is 0.756. The summed E-state index contributed by atoms with van der Waals surface area (Å²) in [6.07, 6.45) is 84.2. The van der Waals surface area contributed by atoms with Crippen LogP contribution in [0.2, 0.25) is 0 Å². The van der Waals surface area contributed by atoms with Gasteiger partial charge in [-0.25, -0.2) is 0 Å². The summed E-state index contributed by atoms with van der Waals surface area (Å²) in [6.45, 7) is 5.76. The highest BCUT2D eigenvalue weighted by atomic mass is 16.7. The third-order valence-electron chi connectivity index (χ3n) is 17.6. The first-order valence-corrected chi connectivity index (χ1v) is 38.7. The van der Waals surface area contributed by atoms with Gasteiger partial charge in [0, 0.05) is 6.42 Å². The Bertz CT molecular complexity index is 1940. The van der Waals surface area contributed by atoms with Crippen molar-refractivity contribution in [3.8, 4) is 0 Å². The zero-order chi connectivity index (χ0) is 67.4. The van der Waals surface area contributed by atoms with E-state index < -0.39 is 67.4 Å². The van der Waals surface area contributed by atoms with Crippen molar-refractivity contribution in [1.82, 2.24) is 5.32 Å². The molecular weight excluding hydrogens is 1160 g/mol. The van der Waals surface area contributed by atoms with E-state index in [1.165, 1.54) is 180 Å². The lowest BCUT2D eigenvalue weighted by Crippen LogP contribution is -2.61. The quantitative estimate of drug-likeness (QED) is 0.0195. The highest BCUT2D eigenvalue weighted by Crippen LogP contribution is 2.26. The second-order valence-electron chi connectivity index (χ2n) is 26.4. The molecule has 0 spiro atoms. The van der Waals surface area contributed by atoms with Crippen LogP contribution in [0.15, 0.2) is 109 Å². The Morgan fingerprint density at radius 1 is 0.419 bits per heavy atom. The van der Waals surface area contributed by atoms with Gasteiger partial charge in [0.15, 0.2) is 12.4 Å². The number of amides is 1.